The number of nitrogens with zero attached hydrogens (tertiary/aromatic N) is 3. The van der Waals surface area contributed by atoms with E-state index in [2.05, 4.69) is 26.6 Å². The van der Waals surface area contributed by atoms with Gasteiger partial charge in [0.25, 0.3) is 0 Å². The van der Waals surface area contributed by atoms with Crippen LogP contribution in [0.15, 0.2) is 72.9 Å². The normalized spacial score (nSPS) is 16.7. The molecule has 11 heteroatoms. The van der Waals surface area contributed by atoms with Gasteiger partial charge in [-0.15, -0.1) is 0 Å². The molecule has 0 saturated carbocycles. The quantitative estimate of drug-likeness (QED) is 0.161. The lowest BCUT2D eigenvalue weighted by Crippen LogP contribution is -2.29. The van der Waals surface area contributed by atoms with E-state index in [1.807, 2.05) is 6.08 Å². The van der Waals surface area contributed by atoms with Crippen LogP contribution in [0.3, 0.4) is 0 Å². The van der Waals surface area contributed by atoms with Crippen molar-refractivity contribution in [2.75, 3.05) is 43.5 Å². The third-order valence-electron chi connectivity index (χ3n) is 8.10. The zero-order valence-electron chi connectivity index (χ0n) is 25.8. The number of aromatic nitrogens is 1. The van der Waals surface area contributed by atoms with Crippen molar-refractivity contribution in [3.63, 3.8) is 0 Å². The number of carbonyl (C=O) groups excluding carboxylic acids is 1. The number of nitriles is 1. The van der Waals surface area contributed by atoms with Crippen LogP contribution in [-0.4, -0.2) is 54.7 Å². The summed E-state index contributed by atoms with van der Waals surface area (Å²) in [4.78, 5) is 19.9. The summed E-state index contributed by atoms with van der Waals surface area (Å²) in [6, 6.07) is 17.1. The molecule has 6 rings (SSSR count). The molecule has 0 aliphatic carbocycles. The monoisotopic (exact) mass is 655 g/mol. The van der Waals surface area contributed by atoms with E-state index in [0.29, 0.717) is 75.4 Å². The lowest BCUT2D eigenvalue weighted by molar-refractivity contribution is -0.111. The highest BCUT2D eigenvalue weighted by Crippen LogP contribution is 2.38. The summed E-state index contributed by atoms with van der Waals surface area (Å²) in [6.07, 6.45) is 9.11. The van der Waals surface area contributed by atoms with Crippen LogP contribution in [0.1, 0.15) is 36.8 Å². The van der Waals surface area contributed by atoms with Gasteiger partial charge in [0.1, 0.15) is 36.1 Å². The zero-order chi connectivity index (χ0) is 32.6. The Bertz CT molecular complexity index is 1820. The van der Waals surface area contributed by atoms with Crippen molar-refractivity contribution in [3.8, 4) is 17.6 Å². The van der Waals surface area contributed by atoms with Crippen molar-refractivity contribution in [1.29, 1.82) is 5.26 Å². The average molecular weight is 656 g/mol. The lowest BCUT2D eigenvalue weighted by Gasteiger charge is -2.24. The summed E-state index contributed by atoms with van der Waals surface area (Å²) in [7, 11) is 0. The Hall–Kier alpha value is -4.69. The second-order valence-corrected chi connectivity index (χ2v) is 12.0. The van der Waals surface area contributed by atoms with Gasteiger partial charge in [0.15, 0.2) is 0 Å². The number of likely N-dealkylation sites (tertiary alicyclic amines) is 1. The molecule has 3 aromatic carbocycles. The summed E-state index contributed by atoms with van der Waals surface area (Å²) in [5, 5.41) is 17.2. The molecule has 1 atom stereocenters. The number of hydrogen-bond donors (Lipinski definition) is 2. The standard InChI is InChI=1S/C36H35ClFN5O4/c37-30-17-27(9-10-33(30)46-22-24-6-4-7-26(38)16-24)41-36-25(20-39)21-40-31-19-34(47-28-11-15-45-23-28)32(18-29(31)36)42-35(44)8-5-14-43-12-2-1-3-13-43/h4-10,16-19,21,28H,1-3,11-15,22-23H2,(H,40,41)(H,42,44)/t28-/m0/s1. The first-order valence-corrected chi connectivity index (χ1v) is 16.1. The van der Waals surface area contributed by atoms with E-state index in [9.17, 15) is 14.4 Å². The molecule has 2 fully saturated rings. The Morgan fingerprint density at radius 3 is 2.79 bits per heavy atom. The highest BCUT2D eigenvalue weighted by molar-refractivity contribution is 6.32. The van der Waals surface area contributed by atoms with Crippen LogP contribution in [0, 0.1) is 17.1 Å². The molecule has 0 unspecified atom stereocenters. The number of piperidine rings is 1. The number of hydrogen-bond acceptors (Lipinski definition) is 8. The second-order valence-electron chi connectivity index (χ2n) is 11.6. The van der Waals surface area contributed by atoms with E-state index in [-0.39, 0.29) is 24.4 Å². The van der Waals surface area contributed by atoms with Crippen LogP contribution in [-0.2, 0) is 16.1 Å². The lowest BCUT2D eigenvalue weighted by atomic mass is 10.1. The molecule has 4 aromatic rings. The number of anilines is 3. The number of carbonyl (C=O) groups is 1. The fourth-order valence-electron chi connectivity index (χ4n) is 5.67. The average Bonchev–Trinajstić information content (AvgIpc) is 3.59. The molecule has 9 nitrogen and oxygen atoms in total. The summed E-state index contributed by atoms with van der Waals surface area (Å²) in [5.41, 5.74) is 3.10. The minimum Gasteiger partial charge on any atom is -0.487 e. The smallest absolute Gasteiger partial charge is 0.248 e. The maximum atomic E-state index is 13.6. The molecule has 2 saturated heterocycles. The number of halogens is 2. The molecule has 1 amide bonds. The Morgan fingerprint density at radius 2 is 2.02 bits per heavy atom. The Kier molecular flexibility index (Phi) is 10.5. The van der Waals surface area contributed by atoms with Gasteiger partial charge in [-0.25, -0.2) is 4.39 Å². The maximum absolute atomic E-state index is 13.6. The van der Waals surface area contributed by atoms with Gasteiger partial charge >= 0.3 is 0 Å². The predicted octanol–water partition coefficient (Wildman–Crippen LogP) is 7.37. The number of fused-ring (bicyclic) bond motifs is 1. The number of benzene rings is 3. The number of amides is 1. The maximum Gasteiger partial charge on any atom is 0.248 e. The number of rotatable bonds is 11. The zero-order valence-corrected chi connectivity index (χ0v) is 26.6. The van der Waals surface area contributed by atoms with Crippen LogP contribution < -0.4 is 20.1 Å². The number of nitrogens with one attached hydrogen (secondary N) is 2. The Morgan fingerprint density at radius 1 is 1.15 bits per heavy atom. The Labute approximate surface area is 277 Å². The predicted molar refractivity (Wildman–Crippen MR) is 180 cm³/mol. The van der Waals surface area contributed by atoms with Crippen LogP contribution >= 0.6 is 11.6 Å². The molecule has 0 spiro atoms. The molecule has 3 heterocycles. The summed E-state index contributed by atoms with van der Waals surface area (Å²) in [6.45, 7) is 4.01. The second kappa shape index (κ2) is 15.3. The van der Waals surface area contributed by atoms with Crippen molar-refractivity contribution in [1.82, 2.24) is 9.88 Å². The fourth-order valence-corrected chi connectivity index (χ4v) is 5.91. The molecular weight excluding hydrogens is 621 g/mol. The van der Waals surface area contributed by atoms with Gasteiger partial charge in [-0.1, -0.05) is 36.2 Å². The summed E-state index contributed by atoms with van der Waals surface area (Å²) < 4.78 is 31.2. The van der Waals surface area contributed by atoms with E-state index in [1.165, 1.54) is 37.6 Å². The van der Waals surface area contributed by atoms with Gasteiger partial charge < -0.3 is 24.8 Å². The fraction of sp³-hybridized carbons (Fsp3) is 0.306. The van der Waals surface area contributed by atoms with Crippen molar-refractivity contribution >= 4 is 45.5 Å². The molecule has 1 aromatic heterocycles. The van der Waals surface area contributed by atoms with E-state index < -0.39 is 0 Å². The highest BCUT2D eigenvalue weighted by atomic mass is 35.5. The van der Waals surface area contributed by atoms with Crippen LogP contribution in [0.2, 0.25) is 5.02 Å². The first-order valence-electron chi connectivity index (χ1n) is 15.7. The van der Waals surface area contributed by atoms with E-state index >= 15 is 0 Å². The van der Waals surface area contributed by atoms with Gasteiger partial charge in [-0.3, -0.25) is 14.7 Å². The molecule has 47 heavy (non-hydrogen) atoms. The topological polar surface area (TPSA) is 109 Å². The molecule has 0 bridgehead atoms. The van der Waals surface area contributed by atoms with Crippen molar-refractivity contribution in [3.05, 3.63) is 94.9 Å². The third kappa shape index (κ3) is 8.37. The highest BCUT2D eigenvalue weighted by Gasteiger charge is 2.21. The SMILES string of the molecule is N#Cc1cnc2cc(O[C@H]3CCOC3)c(NC(=O)C=CCN3CCCCC3)cc2c1Nc1ccc(OCc2cccc(F)c2)c(Cl)c1. The Balaban J connectivity index is 1.26. The van der Waals surface area contributed by atoms with Gasteiger partial charge in [0, 0.05) is 42.4 Å². The minimum absolute atomic E-state index is 0.150. The summed E-state index contributed by atoms with van der Waals surface area (Å²) >= 11 is 6.56. The first kappa shape index (κ1) is 32.3. The van der Waals surface area contributed by atoms with Crippen LogP contribution in [0.5, 0.6) is 11.5 Å². The third-order valence-corrected chi connectivity index (χ3v) is 8.39. The van der Waals surface area contributed by atoms with Crippen LogP contribution in [0.4, 0.5) is 21.5 Å². The molecule has 0 radical (unpaired) electrons. The van der Waals surface area contributed by atoms with Gasteiger partial charge in [-0.05, 0) is 67.9 Å². The first-order chi connectivity index (χ1) is 22.9. The molecule has 242 valence electrons. The molecule has 2 N–H and O–H groups in total. The van der Waals surface area contributed by atoms with E-state index in [0.717, 1.165) is 19.5 Å². The van der Waals surface area contributed by atoms with E-state index in [4.69, 9.17) is 25.8 Å². The molecule has 2 aliphatic heterocycles. The largest absolute Gasteiger partial charge is 0.487 e. The molecular formula is C36H35ClFN5O4. The van der Waals surface area contributed by atoms with Gasteiger partial charge in [-0.2, -0.15) is 5.26 Å². The summed E-state index contributed by atoms with van der Waals surface area (Å²) in [5.74, 6) is 0.274. The van der Waals surface area contributed by atoms with Crippen molar-refractivity contribution in [2.24, 2.45) is 0 Å². The number of pyridine rings is 1. The van der Waals surface area contributed by atoms with Crippen LogP contribution in [0.25, 0.3) is 10.9 Å². The van der Waals surface area contributed by atoms with Crippen molar-refractivity contribution in [2.45, 2.75) is 38.4 Å². The van der Waals surface area contributed by atoms with Gasteiger partial charge in [0.2, 0.25) is 5.91 Å². The molecule has 2 aliphatic rings. The van der Waals surface area contributed by atoms with Gasteiger partial charge in [0.05, 0.1) is 40.7 Å². The number of ether oxygens (including phenoxy) is 3. The van der Waals surface area contributed by atoms with E-state index in [1.54, 1.807) is 48.5 Å². The minimum atomic E-state index is -0.340. The van der Waals surface area contributed by atoms with Crippen molar-refractivity contribution < 1.29 is 23.4 Å².